The molecule has 1 rings (SSSR count). The lowest BCUT2D eigenvalue weighted by molar-refractivity contribution is -0.425. The Morgan fingerprint density at radius 3 is 0.842 bits per heavy atom. The molecule has 0 radical (unpaired) electrons. The van der Waals surface area contributed by atoms with E-state index in [1.165, 1.54) is 0 Å². The van der Waals surface area contributed by atoms with Crippen LogP contribution in [0, 0.1) is 0 Å². The summed E-state index contributed by atoms with van der Waals surface area (Å²) in [7, 11) is 0. The van der Waals surface area contributed by atoms with Crippen LogP contribution in [0.25, 0.3) is 0 Å². The van der Waals surface area contributed by atoms with Crippen molar-refractivity contribution in [2.75, 3.05) is 0 Å². The lowest BCUT2D eigenvalue weighted by Gasteiger charge is -2.28. The van der Waals surface area contributed by atoms with E-state index < -0.39 is 35.9 Å². The van der Waals surface area contributed by atoms with Crippen LogP contribution in [0.3, 0.4) is 0 Å². The summed E-state index contributed by atoms with van der Waals surface area (Å²) in [6.45, 7) is 0. The second-order valence-corrected chi connectivity index (χ2v) is 3.44. The largest absolute Gasteiger partial charge is 0.455 e. The van der Waals surface area contributed by atoms with E-state index in [1.807, 2.05) is 4.74 Å². The highest BCUT2D eigenvalue weighted by atomic mass is 19.4. The quantitative estimate of drug-likeness (QED) is 0.619. The maximum absolute atomic E-state index is 12.8. The molecule has 2 atom stereocenters. The lowest BCUT2D eigenvalue weighted by Crippen LogP contribution is -2.60. The zero-order chi connectivity index (χ0) is 15.7. The van der Waals surface area contributed by atoms with Crippen molar-refractivity contribution in [3.63, 3.8) is 0 Å². The smallest absolute Gasteiger partial charge is 0.284 e. The monoisotopic (exact) mass is 316 g/mol. The fraction of sp³-hybridized carbons (Fsp3) is 1.00. The SMILES string of the molecule is FC(F)(F)C1(F)OC(F)(C(F)(F)F)C(F)(F)C1(F)F. The van der Waals surface area contributed by atoms with E-state index in [9.17, 15) is 52.7 Å². The van der Waals surface area contributed by atoms with Gasteiger partial charge in [0.1, 0.15) is 0 Å². The molecule has 1 fully saturated rings. The van der Waals surface area contributed by atoms with Gasteiger partial charge in [-0.1, -0.05) is 0 Å². The number of ether oxygens (including phenoxy) is 1. The van der Waals surface area contributed by atoms with Crippen LogP contribution in [0.1, 0.15) is 0 Å². The van der Waals surface area contributed by atoms with Gasteiger partial charge in [-0.05, 0) is 0 Å². The van der Waals surface area contributed by atoms with Gasteiger partial charge in [0.05, 0.1) is 0 Å². The first-order valence-electron chi connectivity index (χ1n) is 3.93. The molecule has 114 valence electrons. The minimum absolute atomic E-state index is 1.81. The summed E-state index contributed by atoms with van der Waals surface area (Å²) in [5.41, 5.74) is 0. The standard InChI is InChI=1S/C6F12O/c7-1(8)2(9,10)4(12,6(16,17)18)19-3(1,11)5(13,14)15. The van der Waals surface area contributed by atoms with Crippen molar-refractivity contribution in [1.29, 1.82) is 0 Å². The number of alkyl halides is 12. The van der Waals surface area contributed by atoms with Crippen LogP contribution in [0.5, 0.6) is 0 Å². The Balaban J connectivity index is 3.58. The Hall–Kier alpha value is -0.880. The van der Waals surface area contributed by atoms with E-state index in [-0.39, 0.29) is 0 Å². The average molecular weight is 316 g/mol. The fourth-order valence-electron chi connectivity index (χ4n) is 1.20. The van der Waals surface area contributed by atoms with Gasteiger partial charge in [-0.15, -0.1) is 0 Å². The summed E-state index contributed by atoms with van der Waals surface area (Å²) in [6, 6.07) is 0. The molecule has 1 saturated heterocycles. The zero-order valence-corrected chi connectivity index (χ0v) is 7.94. The summed E-state index contributed by atoms with van der Waals surface area (Å²) >= 11 is 0. The molecule has 0 aromatic heterocycles. The van der Waals surface area contributed by atoms with E-state index in [0.717, 1.165) is 0 Å². The van der Waals surface area contributed by atoms with Crippen LogP contribution in [0.15, 0.2) is 0 Å². The first-order chi connectivity index (χ1) is 7.96. The lowest BCUT2D eigenvalue weighted by atomic mass is 10.0. The molecule has 1 aliphatic heterocycles. The Morgan fingerprint density at radius 2 is 0.737 bits per heavy atom. The van der Waals surface area contributed by atoms with Gasteiger partial charge < -0.3 is 0 Å². The molecule has 0 N–H and O–H groups in total. The van der Waals surface area contributed by atoms with E-state index >= 15 is 0 Å². The molecular formula is C6F12O. The summed E-state index contributed by atoms with van der Waals surface area (Å²) in [5.74, 6) is -27.9. The summed E-state index contributed by atoms with van der Waals surface area (Å²) < 4.78 is 149. The van der Waals surface area contributed by atoms with Gasteiger partial charge in [-0.3, -0.25) is 4.74 Å². The molecule has 0 bridgehead atoms. The zero-order valence-electron chi connectivity index (χ0n) is 7.94. The average Bonchev–Trinajstić information content (AvgIpc) is 2.22. The van der Waals surface area contributed by atoms with Crippen LogP contribution in [-0.4, -0.2) is 35.9 Å². The van der Waals surface area contributed by atoms with Crippen molar-refractivity contribution in [1.82, 2.24) is 0 Å². The predicted molar refractivity (Wildman–Crippen MR) is 30.8 cm³/mol. The first-order valence-corrected chi connectivity index (χ1v) is 3.93. The molecule has 0 aromatic carbocycles. The van der Waals surface area contributed by atoms with Crippen molar-refractivity contribution < 1.29 is 57.4 Å². The van der Waals surface area contributed by atoms with Gasteiger partial charge in [-0.2, -0.15) is 52.7 Å². The topological polar surface area (TPSA) is 9.23 Å². The molecule has 0 amide bonds. The third kappa shape index (κ3) is 1.56. The summed E-state index contributed by atoms with van der Waals surface area (Å²) in [6.07, 6.45) is -14.1. The highest BCUT2D eigenvalue weighted by Gasteiger charge is 2.99. The molecule has 1 heterocycles. The number of rotatable bonds is 0. The van der Waals surface area contributed by atoms with Gasteiger partial charge in [0.25, 0.3) is 0 Å². The molecule has 2 unspecified atom stereocenters. The highest BCUT2D eigenvalue weighted by molar-refractivity contribution is 5.16. The maximum Gasteiger partial charge on any atom is 0.455 e. The number of hydrogen-bond acceptors (Lipinski definition) is 1. The van der Waals surface area contributed by atoms with Gasteiger partial charge >= 0.3 is 35.9 Å². The van der Waals surface area contributed by atoms with Gasteiger partial charge in [0, 0.05) is 0 Å². The Kier molecular flexibility index (Phi) is 2.90. The summed E-state index contributed by atoms with van der Waals surface area (Å²) in [4.78, 5) is 0. The Labute approximate surface area is 94.7 Å². The van der Waals surface area contributed by atoms with Crippen molar-refractivity contribution in [2.45, 2.75) is 35.9 Å². The molecular weight excluding hydrogens is 316 g/mol. The third-order valence-corrected chi connectivity index (χ3v) is 2.21. The molecule has 1 aliphatic rings. The maximum atomic E-state index is 12.8. The minimum atomic E-state index is -7.12. The van der Waals surface area contributed by atoms with Crippen LogP contribution >= 0.6 is 0 Å². The summed E-state index contributed by atoms with van der Waals surface area (Å²) in [5, 5.41) is 0. The predicted octanol–water partition coefficient (Wildman–Crippen LogP) is 3.74. The van der Waals surface area contributed by atoms with E-state index in [2.05, 4.69) is 0 Å². The first kappa shape index (κ1) is 16.2. The molecule has 0 spiro atoms. The fourth-order valence-corrected chi connectivity index (χ4v) is 1.20. The molecule has 13 heteroatoms. The van der Waals surface area contributed by atoms with Crippen LogP contribution < -0.4 is 0 Å². The molecule has 0 aromatic rings. The molecule has 1 nitrogen and oxygen atoms in total. The minimum Gasteiger partial charge on any atom is -0.284 e. The molecule has 0 saturated carbocycles. The van der Waals surface area contributed by atoms with Crippen molar-refractivity contribution in [3.05, 3.63) is 0 Å². The van der Waals surface area contributed by atoms with Gasteiger partial charge in [-0.25, -0.2) is 0 Å². The second kappa shape index (κ2) is 3.41. The second-order valence-electron chi connectivity index (χ2n) is 3.44. The van der Waals surface area contributed by atoms with Crippen LogP contribution in [-0.2, 0) is 4.74 Å². The van der Waals surface area contributed by atoms with E-state index in [1.54, 1.807) is 0 Å². The highest BCUT2D eigenvalue weighted by Crippen LogP contribution is 2.67. The third-order valence-electron chi connectivity index (χ3n) is 2.21. The number of halogens is 12. The van der Waals surface area contributed by atoms with Crippen molar-refractivity contribution >= 4 is 0 Å². The van der Waals surface area contributed by atoms with Crippen LogP contribution in [0.4, 0.5) is 52.7 Å². The molecule has 0 aliphatic carbocycles. The van der Waals surface area contributed by atoms with Crippen LogP contribution in [0.2, 0.25) is 0 Å². The Morgan fingerprint density at radius 1 is 0.526 bits per heavy atom. The van der Waals surface area contributed by atoms with Crippen molar-refractivity contribution in [2.24, 2.45) is 0 Å². The van der Waals surface area contributed by atoms with Gasteiger partial charge in [0.2, 0.25) is 0 Å². The van der Waals surface area contributed by atoms with Crippen molar-refractivity contribution in [3.8, 4) is 0 Å². The van der Waals surface area contributed by atoms with Gasteiger partial charge in [0.15, 0.2) is 0 Å². The van der Waals surface area contributed by atoms with E-state index in [4.69, 9.17) is 0 Å². The number of hydrogen-bond donors (Lipinski definition) is 0. The normalized spacial score (nSPS) is 38.5. The molecule has 19 heavy (non-hydrogen) atoms. The Bertz CT molecular complexity index is 345. The van der Waals surface area contributed by atoms with E-state index in [0.29, 0.717) is 0 Å².